The topological polar surface area (TPSA) is 232 Å². The van der Waals surface area contributed by atoms with Crippen LogP contribution in [0.3, 0.4) is 0 Å². The van der Waals surface area contributed by atoms with Gasteiger partial charge in [0.1, 0.15) is 6.61 Å². The maximum Gasteiger partial charge on any atom is 0.405 e. The summed E-state index contributed by atoms with van der Waals surface area (Å²) < 4.78 is 131. The highest BCUT2D eigenvalue weighted by Gasteiger charge is 2.35. The Kier molecular flexibility index (Phi) is 45.2. The second kappa shape index (κ2) is 38.0. The summed E-state index contributed by atoms with van der Waals surface area (Å²) >= 11 is 27.0. The van der Waals surface area contributed by atoms with Crippen LogP contribution >= 0.6 is 68.7 Å². The molecule has 0 spiro atoms. The fourth-order valence-corrected chi connectivity index (χ4v) is 4.42. The van der Waals surface area contributed by atoms with Crippen LogP contribution in [-0.4, -0.2) is 148 Å². The van der Waals surface area contributed by atoms with Crippen molar-refractivity contribution >= 4 is 87.9 Å². The Labute approximate surface area is 351 Å². The molecule has 0 aliphatic heterocycles. The lowest BCUT2D eigenvalue weighted by Crippen LogP contribution is -2.24. The standard InChI is InChI=1S/C6H7Cl2N3O2.C6H11F3O3S.C3Cl3N3.2C3H8O2.C2H2ClF3O2S.2CH4/c1-12-2-3-13-6-10-4(7)9-5(8)11-6;1-2-3-4-12-13(10,11)5-6(7,8)9;4-1-7-2(5)9-3(6)8-1;2*1-5-3-2-4;3-9(7,8)1-2(4,5)6;;/h2-3H2,1H3;2-5H2,1H3;;2*4H,2-3H2,1H3;1H2;2*1H4. The minimum Gasteiger partial charge on any atom is -0.461 e. The van der Waals surface area contributed by atoms with Gasteiger partial charge in [-0.15, -0.1) is 0 Å². The smallest absolute Gasteiger partial charge is 0.405 e. The Bertz CT molecular complexity index is 1390. The molecule has 2 heterocycles. The van der Waals surface area contributed by atoms with Crippen molar-refractivity contribution in [3.05, 3.63) is 26.4 Å². The van der Waals surface area contributed by atoms with Crippen LogP contribution in [0.2, 0.25) is 26.4 Å². The van der Waals surface area contributed by atoms with Crippen molar-refractivity contribution in [3.63, 3.8) is 0 Å². The zero-order valence-electron chi connectivity index (χ0n) is 28.4. The van der Waals surface area contributed by atoms with Crippen molar-refractivity contribution < 1.29 is 76.5 Å². The molecule has 0 bridgehead atoms. The number of halogens is 12. The first-order chi connectivity index (χ1) is 24.7. The third-order valence-electron chi connectivity index (χ3n) is 3.66. The molecule has 0 saturated heterocycles. The van der Waals surface area contributed by atoms with E-state index in [1.165, 1.54) is 0 Å². The van der Waals surface area contributed by atoms with Crippen LogP contribution in [0.4, 0.5) is 26.3 Å². The molecule has 0 aliphatic carbocycles. The minimum atomic E-state index is -4.74. The van der Waals surface area contributed by atoms with Gasteiger partial charge in [-0.3, -0.25) is 4.18 Å². The Morgan fingerprint density at radius 2 is 0.929 bits per heavy atom. The summed E-state index contributed by atoms with van der Waals surface area (Å²) in [4.78, 5) is 21.3. The van der Waals surface area contributed by atoms with E-state index in [1.54, 1.807) is 28.3 Å². The number of unbranched alkanes of at least 4 members (excludes halogenated alkanes) is 1. The summed E-state index contributed by atoms with van der Waals surface area (Å²) in [5, 5.41) is 15.9. The molecular weight excluding hydrogens is 951 g/mol. The molecule has 2 N–H and O–H groups in total. The van der Waals surface area contributed by atoms with Crippen LogP contribution in [0.15, 0.2) is 0 Å². The van der Waals surface area contributed by atoms with Gasteiger partial charge in [0.05, 0.1) is 39.6 Å². The molecule has 0 aliphatic rings. The molecule has 0 fully saturated rings. The van der Waals surface area contributed by atoms with E-state index in [2.05, 4.69) is 54.2 Å². The van der Waals surface area contributed by atoms with Crippen LogP contribution in [0.25, 0.3) is 0 Å². The quantitative estimate of drug-likeness (QED) is 0.0906. The van der Waals surface area contributed by atoms with Crippen molar-refractivity contribution in [1.29, 1.82) is 0 Å². The van der Waals surface area contributed by atoms with Crippen molar-refractivity contribution in [2.24, 2.45) is 0 Å². The van der Waals surface area contributed by atoms with Gasteiger partial charge in [-0.1, -0.05) is 28.2 Å². The van der Waals surface area contributed by atoms with E-state index >= 15 is 0 Å². The highest BCUT2D eigenvalue weighted by atomic mass is 35.7. The highest BCUT2D eigenvalue weighted by molar-refractivity contribution is 8.13. The van der Waals surface area contributed by atoms with Crippen LogP contribution < -0.4 is 4.74 Å². The molecule has 0 atom stereocenters. The molecule has 2 rings (SSSR count). The van der Waals surface area contributed by atoms with E-state index in [0.29, 0.717) is 39.3 Å². The van der Waals surface area contributed by atoms with E-state index in [4.69, 9.17) is 77.7 Å². The third-order valence-corrected chi connectivity index (χ3v) is 6.71. The molecule has 0 amide bonds. The maximum absolute atomic E-state index is 11.6. The lowest BCUT2D eigenvalue weighted by molar-refractivity contribution is -0.108. The van der Waals surface area contributed by atoms with E-state index in [-0.39, 0.29) is 67.1 Å². The van der Waals surface area contributed by atoms with E-state index in [0.717, 1.165) is 0 Å². The number of alkyl halides is 6. The van der Waals surface area contributed by atoms with Gasteiger partial charge in [-0.2, -0.15) is 64.7 Å². The first-order valence-electron chi connectivity index (χ1n) is 13.7. The van der Waals surface area contributed by atoms with Crippen molar-refractivity contribution in [2.45, 2.75) is 47.0 Å². The summed E-state index contributed by atoms with van der Waals surface area (Å²) in [5.74, 6) is -3.88. The second-order valence-corrected chi connectivity index (χ2v) is 14.5. The van der Waals surface area contributed by atoms with Crippen LogP contribution in [0.5, 0.6) is 6.01 Å². The summed E-state index contributed by atoms with van der Waals surface area (Å²) in [6.07, 6.45) is -8.37. The molecule has 2 aromatic rings. The van der Waals surface area contributed by atoms with Crippen molar-refractivity contribution in [2.75, 3.05) is 79.1 Å². The average molecular weight is 995 g/mol. The SMILES string of the molecule is C.C.CCCCOS(=O)(=O)CC(F)(F)F.COCCO.COCCO.COCCOc1nc(Cl)nc(Cl)n1.Clc1nc(Cl)nc(Cl)n1.O=S(=O)(Cl)CC(F)(F)F. The number of methoxy groups -OCH3 is 3. The molecule has 0 saturated carbocycles. The Morgan fingerprint density at radius 1 is 0.589 bits per heavy atom. The van der Waals surface area contributed by atoms with E-state index in [9.17, 15) is 43.2 Å². The monoisotopic (exact) mass is 992 g/mol. The molecule has 56 heavy (non-hydrogen) atoms. The normalized spacial score (nSPS) is 10.7. The van der Waals surface area contributed by atoms with Gasteiger partial charge in [0, 0.05) is 32.0 Å². The number of hydrogen-bond donors (Lipinski definition) is 2. The minimum absolute atomic E-state index is 0. The largest absolute Gasteiger partial charge is 0.461 e. The number of rotatable bonds is 14. The zero-order chi connectivity index (χ0) is 43.0. The van der Waals surface area contributed by atoms with Crippen LogP contribution in [0, 0.1) is 0 Å². The van der Waals surface area contributed by atoms with Gasteiger partial charge in [-0.25, -0.2) is 8.42 Å². The predicted octanol–water partition coefficient (Wildman–Crippen LogP) is 6.37. The van der Waals surface area contributed by atoms with Crippen molar-refractivity contribution in [3.8, 4) is 6.01 Å². The number of hydrogen-bond acceptors (Lipinski definition) is 17. The second-order valence-electron chi connectivity index (χ2n) is 8.36. The highest BCUT2D eigenvalue weighted by Crippen LogP contribution is 2.19. The van der Waals surface area contributed by atoms with E-state index < -0.39 is 43.0 Å². The Hall–Kier alpha value is -1.20. The van der Waals surface area contributed by atoms with E-state index in [1.807, 2.05) is 0 Å². The molecule has 0 radical (unpaired) electrons. The van der Waals surface area contributed by atoms with Crippen molar-refractivity contribution in [1.82, 2.24) is 29.9 Å². The summed E-state index contributed by atoms with van der Waals surface area (Å²) in [5.41, 5.74) is 0. The fraction of sp³-hybridized carbons (Fsp3) is 0.760. The fourth-order valence-electron chi connectivity index (χ4n) is 1.84. The predicted molar refractivity (Wildman–Crippen MR) is 200 cm³/mol. The number of nitrogens with zero attached hydrogens (tertiary/aromatic N) is 6. The first kappa shape index (κ1) is 66.6. The van der Waals surface area contributed by atoms with Gasteiger partial charge < -0.3 is 29.2 Å². The molecule has 0 aromatic carbocycles. The Balaban J connectivity index is -0.000000137. The summed E-state index contributed by atoms with van der Waals surface area (Å²) in [6.45, 7) is 3.51. The van der Waals surface area contributed by atoms with Crippen LogP contribution in [0.1, 0.15) is 34.6 Å². The number of aliphatic hydroxyl groups excluding tert-OH is 2. The van der Waals surface area contributed by atoms with Gasteiger partial charge in [0.15, 0.2) is 11.5 Å². The molecule has 31 heteroatoms. The summed E-state index contributed by atoms with van der Waals surface area (Å²) in [6, 6.07) is 0.0991. The zero-order valence-corrected chi connectivity index (χ0v) is 34.6. The lowest BCUT2D eigenvalue weighted by Gasteiger charge is -2.07. The first-order valence-corrected chi connectivity index (χ1v) is 19.7. The molecular formula is C25H44Cl6F6N6O11S2. The lowest BCUT2D eigenvalue weighted by atomic mass is 10.4. The molecule has 2 aromatic heterocycles. The number of ether oxygens (including phenoxy) is 4. The Morgan fingerprint density at radius 3 is 1.16 bits per heavy atom. The van der Waals surface area contributed by atoms with Crippen LogP contribution in [-0.2, 0) is 37.6 Å². The molecule has 17 nitrogen and oxygen atoms in total. The third kappa shape index (κ3) is 57.1. The number of aromatic nitrogens is 6. The average Bonchev–Trinajstić information content (AvgIpc) is 2.96. The number of aliphatic hydroxyl groups is 2. The van der Waals surface area contributed by atoms with Gasteiger partial charge in [0.2, 0.25) is 35.5 Å². The maximum atomic E-state index is 11.6. The molecule has 0 unspecified atom stereocenters. The summed E-state index contributed by atoms with van der Waals surface area (Å²) in [7, 11) is 0.0687. The van der Waals surface area contributed by atoms with Gasteiger partial charge >= 0.3 is 18.4 Å². The van der Waals surface area contributed by atoms with Gasteiger partial charge in [-0.05, 0) is 64.4 Å². The van der Waals surface area contributed by atoms with Gasteiger partial charge in [0.25, 0.3) is 10.1 Å². The molecule has 336 valence electrons.